The van der Waals surface area contributed by atoms with E-state index in [1.807, 2.05) is 97.6 Å². The molecule has 0 aliphatic carbocycles. The van der Waals surface area contributed by atoms with Crippen molar-refractivity contribution >= 4 is 0 Å². The monoisotopic (exact) mass is 1130 g/mol. The summed E-state index contributed by atoms with van der Waals surface area (Å²) in [5.41, 5.74) is 4.29. The molecule has 4 aromatic rings. The van der Waals surface area contributed by atoms with Crippen LogP contribution in [0.15, 0.2) is 97.6 Å². The molecular weight excluding hydrogens is 1080 g/mol. The first kappa shape index (κ1) is 80.2. The molecule has 0 fully saturated rings. The van der Waals surface area contributed by atoms with Gasteiger partial charge in [-0.05, 0) is 48.5 Å². The van der Waals surface area contributed by atoms with E-state index in [-0.39, 0.29) is 49.9 Å². The molecule has 0 aliphatic heterocycles. The summed E-state index contributed by atoms with van der Waals surface area (Å²) in [5, 5.41) is 28.0. The molecule has 0 amide bonds. The number of rotatable bonds is 14. The fraction of sp³-hybridized carbons (Fsp3) is 0.312. The SMILES string of the molecule is CC#N.CC#N.[O-][Cl+3]([O-])([O-])[O-].[O-][Cl+3]([O-])([O-])[O-].[O-][Cl+3]([O-])([O-])[O-].[O-][Cl+3]([O-])([O-])[O-].[OH3+].[OH3+].[Zn+2].[Zn+2].c1ccc(CNCCNCc2ccccn2)nc1.c1ccc(CNCCNCc2ccccn2)nc1. The summed E-state index contributed by atoms with van der Waals surface area (Å²) in [6, 6.07) is 27.3. The average molecular weight is 1130 g/mol. The predicted octanol–water partition coefficient (Wildman–Crippen LogP) is -17.1. The Morgan fingerprint density at radius 2 is 0.515 bits per heavy atom. The van der Waals surface area contributed by atoms with E-state index in [9.17, 15) is 0 Å². The molecule has 0 bridgehead atoms. The van der Waals surface area contributed by atoms with Gasteiger partial charge in [0.05, 0.1) is 34.9 Å². The van der Waals surface area contributed by atoms with E-state index in [0.29, 0.717) is 0 Å². The first-order valence-corrected chi connectivity index (χ1v) is 21.2. The molecule has 0 saturated carbocycles. The van der Waals surface area contributed by atoms with Crippen molar-refractivity contribution in [3.05, 3.63) is 120 Å². The summed E-state index contributed by atoms with van der Waals surface area (Å²) in [6.45, 7) is 9.79. The van der Waals surface area contributed by atoms with E-state index in [4.69, 9.17) is 85.1 Å². The average Bonchev–Trinajstić information content (AvgIpc) is 3.14. The van der Waals surface area contributed by atoms with Crippen molar-refractivity contribution in [2.75, 3.05) is 26.2 Å². The minimum Gasteiger partial charge on any atom is -0.457 e. The van der Waals surface area contributed by atoms with Gasteiger partial charge in [-0.3, -0.25) is 19.9 Å². The van der Waals surface area contributed by atoms with Gasteiger partial charge in [-0.2, -0.15) is 10.5 Å². The van der Waals surface area contributed by atoms with Gasteiger partial charge in [-0.25, -0.2) is 74.5 Å². The fourth-order valence-corrected chi connectivity index (χ4v) is 3.23. The van der Waals surface area contributed by atoms with Gasteiger partial charge >= 0.3 is 39.0 Å². The van der Waals surface area contributed by atoms with E-state index in [1.165, 1.54) is 13.8 Å². The van der Waals surface area contributed by atoms with Gasteiger partial charge in [0.15, 0.2) is 0 Å². The van der Waals surface area contributed by atoms with Crippen LogP contribution in [-0.2, 0) is 76.1 Å². The van der Waals surface area contributed by atoms with Gasteiger partial charge in [-0.1, -0.05) is 24.3 Å². The zero-order valence-corrected chi connectivity index (χ0v) is 44.1. The molecule has 4 rings (SSSR count). The predicted molar refractivity (Wildman–Crippen MR) is 176 cm³/mol. The number of hydrogen-bond acceptors (Lipinski definition) is 26. The number of pyridine rings is 4. The normalized spacial score (nSPS) is 9.58. The van der Waals surface area contributed by atoms with Crippen LogP contribution < -0.4 is 95.8 Å². The number of nitriles is 2. The molecular formula is C32H48Cl4N10O18Zn2+2. The van der Waals surface area contributed by atoms with Crippen molar-refractivity contribution in [2.24, 2.45) is 0 Å². The number of aromatic nitrogens is 4. The van der Waals surface area contributed by atoms with Crippen molar-refractivity contribution in [1.29, 1.82) is 10.5 Å². The van der Waals surface area contributed by atoms with E-state index in [2.05, 4.69) is 41.2 Å². The molecule has 4 aromatic heterocycles. The summed E-state index contributed by atoms with van der Waals surface area (Å²) in [5.74, 6) is 0. The van der Waals surface area contributed by atoms with Crippen LogP contribution in [-0.4, -0.2) is 46.1 Å². The van der Waals surface area contributed by atoms with Gasteiger partial charge in [0, 0.05) is 91.0 Å². The third-order valence-electron chi connectivity index (χ3n) is 5.09. The molecule has 0 spiro atoms. The van der Waals surface area contributed by atoms with Crippen LogP contribution in [0.2, 0.25) is 0 Å². The maximum atomic E-state index is 8.49. The quantitative estimate of drug-likeness (QED) is 0.0517. The maximum Gasteiger partial charge on any atom is 2.00 e. The van der Waals surface area contributed by atoms with Gasteiger partial charge in [0.2, 0.25) is 0 Å². The largest absolute Gasteiger partial charge is 2.00 e. The zero-order valence-electron chi connectivity index (χ0n) is 35.2. The minimum atomic E-state index is -4.94. The van der Waals surface area contributed by atoms with Crippen molar-refractivity contribution in [2.45, 2.75) is 40.0 Å². The fourth-order valence-electron chi connectivity index (χ4n) is 3.23. The standard InChI is InChI=1S/2C14H18N4.2C2H3N.4ClHO4.2H2O.2Zn/c2*1-3-7-17-13(5-1)11-15-9-10-16-12-14-6-2-4-8-18-14;2*1-2-3;4*2-1(3,4)5;;;;/h2*1-8,15-16H,9-12H2;2*1H3;4*(H,2,3,4,5);2*1H2;;/q;;;;;;;;;;2*+2/p-2. The van der Waals surface area contributed by atoms with Crippen LogP contribution >= 0.6 is 0 Å². The minimum absolute atomic E-state index is 0. The Bertz CT molecular complexity index is 1400. The maximum absolute atomic E-state index is 8.49. The summed E-state index contributed by atoms with van der Waals surface area (Å²) >= 11 is 0. The van der Waals surface area contributed by atoms with Gasteiger partial charge in [-0.15, -0.1) is 41.0 Å². The van der Waals surface area contributed by atoms with Gasteiger partial charge in [0.25, 0.3) is 0 Å². The molecule has 0 unspecified atom stereocenters. The van der Waals surface area contributed by atoms with Crippen LogP contribution in [0, 0.1) is 63.6 Å². The third kappa shape index (κ3) is 99.5. The van der Waals surface area contributed by atoms with Crippen molar-refractivity contribution < 1.29 is 165 Å². The number of hydrogen-bond donors (Lipinski definition) is 4. The first-order valence-electron chi connectivity index (χ1n) is 16.2. The second-order valence-corrected chi connectivity index (χ2v) is 13.0. The molecule has 66 heavy (non-hydrogen) atoms. The summed E-state index contributed by atoms with van der Waals surface area (Å²) < 4.78 is 136. The smallest absolute Gasteiger partial charge is 0.457 e. The summed E-state index contributed by atoms with van der Waals surface area (Å²) in [4.78, 5) is 17.0. The Kier molecular flexibility index (Phi) is 62.5. The second-order valence-electron chi connectivity index (χ2n) is 9.95. The summed E-state index contributed by atoms with van der Waals surface area (Å²) in [7, 11) is -19.8. The molecule has 0 aromatic carbocycles. The van der Waals surface area contributed by atoms with E-state index >= 15 is 0 Å². The van der Waals surface area contributed by atoms with Crippen LogP contribution in [0.5, 0.6) is 0 Å². The number of nitrogens with one attached hydrogen (secondary N) is 4. The Morgan fingerprint density at radius 3 is 0.621 bits per heavy atom. The Morgan fingerprint density at radius 1 is 0.379 bits per heavy atom. The van der Waals surface area contributed by atoms with Gasteiger partial charge in [0.1, 0.15) is 0 Å². The molecule has 0 aliphatic rings. The van der Waals surface area contributed by atoms with Crippen LogP contribution in [0.1, 0.15) is 36.6 Å². The zero-order chi connectivity index (χ0) is 48.4. The van der Waals surface area contributed by atoms with E-state index in [0.717, 1.165) is 75.1 Å². The van der Waals surface area contributed by atoms with Crippen LogP contribution in [0.25, 0.3) is 0 Å². The second kappa shape index (κ2) is 51.5. The third-order valence-corrected chi connectivity index (χ3v) is 5.09. The van der Waals surface area contributed by atoms with E-state index < -0.39 is 41.0 Å². The van der Waals surface area contributed by atoms with E-state index in [1.54, 1.807) is 12.1 Å². The molecule has 4 heterocycles. The Labute approximate surface area is 413 Å². The van der Waals surface area contributed by atoms with Gasteiger partial charge < -0.3 is 32.2 Å². The Hall–Kier alpha value is -2.89. The first-order chi connectivity index (χ1) is 28.7. The molecule has 0 radical (unpaired) electrons. The molecule has 364 valence electrons. The molecule has 34 heteroatoms. The van der Waals surface area contributed by atoms with Crippen molar-refractivity contribution in [3.63, 3.8) is 0 Å². The van der Waals surface area contributed by atoms with Crippen molar-refractivity contribution in [1.82, 2.24) is 41.2 Å². The molecule has 0 atom stereocenters. The number of nitrogens with zero attached hydrogens (tertiary/aromatic N) is 6. The molecule has 0 saturated heterocycles. The van der Waals surface area contributed by atoms with Crippen molar-refractivity contribution in [3.8, 4) is 12.1 Å². The van der Waals surface area contributed by atoms with Crippen LogP contribution in [0.3, 0.4) is 0 Å². The number of halogens is 4. The Balaban J connectivity index is -0.000000108. The summed E-state index contributed by atoms with van der Waals surface area (Å²) in [6.07, 6.45) is 7.26. The topological polar surface area (TPSA) is 582 Å². The molecule has 10 N–H and O–H groups in total. The van der Waals surface area contributed by atoms with Crippen LogP contribution in [0.4, 0.5) is 0 Å². The molecule has 28 nitrogen and oxygen atoms in total.